The lowest BCUT2D eigenvalue weighted by molar-refractivity contribution is -0.119. The molecule has 0 unspecified atom stereocenters. The molecular formula is C6H12N2O2. The van der Waals surface area contributed by atoms with Crippen LogP contribution in [-0.4, -0.2) is 25.3 Å². The molecule has 58 valence electrons. The van der Waals surface area contributed by atoms with Crippen molar-refractivity contribution in [3.63, 3.8) is 0 Å². The zero-order chi connectivity index (χ0) is 7.98. The van der Waals surface area contributed by atoms with Crippen LogP contribution in [-0.2, 0) is 9.53 Å². The molecule has 0 aromatic rings. The normalized spacial score (nSPS) is 10.9. The van der Waals surface area contributed by atoms with Gasteiger partial charge in [0.05, 0.1) is 0 Å². The summed E-state index contributed by atoms with van der Waals surface area (Å²) in [5.74, 6) is 0.461. The van der Waals surface area contributed by atoms with Gasteiger partial charge in [-0.2, -0.15) is 0 Å². The molecule has 10 heavy (non-hydrogen) atoms. The lowest BCUT2D eigenvalue weighted by atomic mass is 10.5. The van der Waals surface area contributed by atoms with Gasteiger partial charge < -0.3 is 10.2 Å². The van der Waals surface area contributed by atoms with Gasteiger partial charge in [-0.1, -0.05) is 0 Å². The summed E-state index contributed by atoms with van der Waals surface area (Å²) in [5.41, 5.74) is 2.54. The average Bonchev–Trinajstić information content (AvgIpc) is 1.85. The standard InChI is InChI=1S/C6H12N2O2/c1-5(9)4-10-6(2)8-7-3/h7H,4H2,1-3H3. The van der Waals surface area contributed by atoms with Gasteiger partial charge in [0, 0.05) is 14.0 Å². The van der Waals surface area contributed by atoms with E-state index in [2.05, 4.69) is 10.5 Å². The van der Waals surface area contributed by atoms with Crippen LogP contribution in [0.2, 0.25) is 0 Å². The number of ether oxygens (including phenoxy) is 1. The molecule has 0 saturated heterocycles. The highest BCUT2D eigenvalue weighted by Gasteiger charge is 1.93. The Labute approximate surface area is 60.3 Å². The lowest BCUT2D eigenvalue weighted by Crippen LogP contribution is -2.11. The number of hydrazone groups is 1. The van der Waals surface area contributed by atoms with Gasteiger partial charge in [-0.15, -0.1) is 5.10 Å². The van der Waals surface area contributed by atoms with Gasteiger partial charge in [-0.25, -0.2) is 0 Å². The van der Waals surface area contributed by atoms with Crippen LogP contribution in [0.3, 0.4) is 0 Å². The summed E-state index contributed by atoms with van der Waals surface area (Å²) in [5, 5.41) is 3.69. The largest absolute Gasteiger partial charge is 0.472 e. The zero-order valence-corrected chi connectivity index (χ0v) is 6.47. The summed E-state index contributed by atoms with van der Waals surface area (Å²) in [7, 11) is 1.67. The molecule has 0 radical (unpaired) electrons. The Morgan fingerprint density at radius 1 is 1.60 bits per heavy atom. The predicted molar refractivity (Wildman–Crippen MR) is 38.8 cm³/mol. The Hall–Kier alpha value is -1.06. The van der Waals surface area contributed by atoms with Crippen LogP contribution in [0.15, 0.2) is 5.10 Å². The summed E-state index contributed by atoms with van der Waals surface area (Å²) in [6, 6.07) is 0. The Morgan fingerprint density at radius 3 is 2.60 bits per heavy atom. The molecule has 4 heteroatoms. The smallest absolute Gasteiger partial charge is 0.202 e. The Balaban J connectivity index is 3.48. The fraction of sp³-hybridized carbons (Fsp3) is 0.667. The number of carbonyl (C=O) groups excluding carboxylic acids is 1. The van der Waals surface area contributed by atoms with E-state index >= 15 is 0 Å². The van der Waals surface area contributed by atoms with Crippen LogP contribution in [0.4, 0.5) is 0 Å². The number of hydrogen-bond donors (Lipinski definition) is 1. The van der Waals surface area contributed by atoms with Crippen LogP contribution >= 0.6 is 0 Å². The third-order valence-corrected chi connectivity index (χ3v) is 0.754. The van der Waals surface area contributed by atoms with E-state index in [-0.39, 0.29) is 12.4 Å². The molecule has 0 fully saturated rings. The first-order valence-corrected chi connectivity index (χ1v) is 3.00. The first-order chi connectivity index (χ1) is 4.66. The van der Waals surface area contributed by atoms with Gasteiger partial charge in [-0.3, -0.25) is 4.79 Å². The number of ketones is 1. The minimum absolute atomic E-state index is 0.00865. The first-order valence-electron chi connectivity index (χ1n) is 3.00. The van der Waals surface area contributed by atoms with E-state index in [1.165, 1.54) is 6.92 Å². The van der Waals surface area contributed by atoms with Crippen molar-refractivity contribution >= 4 is 11.7 Å². The molecule has 0 heterocycles. The molecule has 0 rings (SSSR count). The first kappa shape index (κ1) is 8.94. The molecule has 0 aliphatic rings. The average molecular weight is 144 g/mol. The van der Waals surface area contributed by atoms with Gasteiger partial charge in [-0.05, 0) is 6.92 Å². The van der Waals surface area contributed by atoms with Gasteiger partial charge in [0.2, 0.25) is 5.90 Å². The molecule has 0 aliphatic heterocycles. The summed E-state index contributed by atoms with van der Waals surface area (Å²) < 4.78 is 4.88. The van der Waals surface area contributed by atoms with Gasteiger partial charge in [0.1, 0.15) is 6.61 Å². The second-order valence-electron chi connectivity index (χ2n) is 1.85. The molecule has 1 N–H and O–H groups in total. The topological polar surface area (TPSA) is 50.7 Å². The highest BCUT2D eigenvalue weighted by atomic mass is 16.5. The highest BCUT2D eigenvalue weighted by molar-refractivity contribution is 5.81. The molecular weight excluding hydrogens is 132 g/mol. The van der Waals surface area contributed by atoms with E-state index in [1.54, 1.807) is 14.0 Å². The maximum Gasteiger partial charge on any atom is 0.202 e. The number of carbonyl (C=O) groups is 1. The van der Waals surface area contributed by atoms with Crippen molar-refractivity contribution in [2.24, 2.45) is 5.10 Å². The molecule has 0 aromatic heterocycles. The Kier molecular flexibility index (Phi) is 4.28. The van der Waals surface area contributed by atoms with Crippen molar-refractivity contribution in [2.45, 2.75) is 13.8 Å². The van der Waals surface area contributed by atoms with Crippen molar-refractivity contribution in [1.82, 2.24) is 5.43 Å². The maximum atomic E-state index is 10.4. The number of hydrogen-bond acceptors (Lipinski definition) is 4. The van der Waals surface area contributed by atoms with Crippen molar-refractivity contribution in [3.8, 4) is 0 Å². The van der Waals surface area contributed by atoms with Crippen molar-refractivity contribution < 1.29 is 9.53 Å². The fourth-order valence-corrected chi connectivity index (χ4v) is 0.396. The van der Waals surface area contributed by atoms with E-state index < -0.39 is 0 Å². The summed E-state index contributed by atoms with van der Waals surface area (Å²) in [4.78, 5) is 10.4. The summed E-state index contributed by atoms with van der Waals surface area (Å²) in [6.45, 7) is 3.24. The molecule has 0 bridgehead atoms. The van der Waals surface area contributed by atoms with Crippen molar-refractivity contribution in [1.29, 1.82) is 0 Å². The van der Waals surface area contributed by atoms with Crippen molar-refractivity contribution in [2.75, 3.05) is 13.7 Å². The van der Waals surface area contributed by atoms with E-state index in [0.717, 1.165) is 0 Å². The molecule has 4 nitrogen and oxygen atoms in total. The van der Waals surface area contributed by atoms with Gasteiger partial charge in [0.15, 0.2) is 5.78 Å². The van der Waals surface area contributed by atoms with Crippen LogP contribution in [0.5, 0.6) is 0 Å². The van der Waals surface area contributed by atoms with E-state index in [1.807, 2.05) is 0 Å². The molecule has 0 aromatic carbocycles. The summed E-state index contributed by atoms with van der Waals surface area (Å²) >= 11 is 0. The molecule has 0 spiro atoms. The molecule has 0 amide bonds. The van der Waals surface area contributed by atoms with Crippen LogP contribution < -0.4 is 5.43 Å². The van der Waals surface area contributed by atoms with Crippen LogP contribution in [0, 0.1) is 0 Å². The minimum atomic E-state index is -0.00865. The van der Waals surface area contributed by atoms with E-state index in [0.29, 0.717) is 5.90 Å². The third-order valence-electron chi connectivity index (χ3n) is 0.754. The monoisotopic (exact) mass is 144 g/mol. The SMILES string of the molecule is CNN=C(C)OCC(C)=O. The zero-order valence-electron chi connectivity index (χ0n) is 6.47. The quantitative estimate of drug-likeness (QED) is 0.348. The number of Topliss-reactive ketones (excluding diaryl/α,β-unsaturated/α-hetero) is 1. The fourth-order valence-electron chi connectivity index (χ4n) is 0.396. The Morgan fingerprint density at radius 2 is 2.20 bits per heavy atom. The van der Waals surface area contributed by atoms with E-state index in [9.17, 15) is 4.79 Å². The number of rotatable bonds is 3. The Bertz CT molecular complexity index is 143. The second kappa shape index (κ2) is 4.78. The molecule has 0 saturated carbocycles. The van der Waals surface area contributed by atoms with Crippen LogP contribution in [0.25, 0.3) is 0 Å². The second-order valence-corrected chi connectivity index (χ2v) is 1.85. The molecule has 0 aliphatic carbocycles. The predicted octanol–water partition coefficient (Wildman–Crippen LogP) is 0.145. The lowest BCUT2D eigenvalue weighted by Gasteiger charge is -2.00. The minimum Gasteiger partial charge on any atom is -0.472 e. The van der Waals surface area contributed by atoms with Gasteiger partial charge in [0.25, 0.3) is 0 Å². The third kappa shape index (κ3) is 5.08. The van der Waals surface area contributed by atoms with Crippen LogP contribution in [0.1, 0.15) is 13.8 Å². The summed E-state index contributed by atoms with van der Waals surface area (Å²) in [6.07, 6.45) is 0. The number of nitrogens with one attached hydrogen (secondary N) is 1. The molecule has 0 atom stereocenters. The maximum absolute atomic E-state index is 10.4. The highest BCUT2D eigenvalue weighted by Crippen LogP contribution is 1.79. The van der Waals surface area contributed by atoms with E-state index in [4.69, 9.17) is 4.74 Å². The number of nitrogens with zero attached hydrogens (tertiary/aromatic N) is 1. The van der Waals surface area contributed by atoms with Gasteiger partial charge >= 0.3 is 0 Å². The van der Waals surface area contributed by atoms with Crippen molar-refractivity contribution in [3.05, 3.63) is 0 Å².